The van der Waals surface area contributed by atoms with Crippen molar-refractivity contribution < 1.29 is 14.4 Å². The number of aryl methyl sites for hydroxylation is 1. The minimum atomic E-state index is -1.44. The van der Waals surface area contributed by atoms with Gasteiger partial charge < -0.3 is 5.32 Å². The highest BCUT2D eigenvalue weighted by Crippen LogP contribution is 2.36. The van der Waals surface area contributed by atoms with Crippen LogP contribution in [0.4, 0.5) is 4.79 Å². The number of carbonyl (C=O) groups excluding carboxylic acids is 3. The fraction of sp³-hybridized carbons (Fsp3) is 0.174. The maximum atomic E-state index is 13.6. The van der Waals surface area contributed by atoms with E-state index in [0.717, 1.165) is 4.90 Å². The lowest BCUT2D eigenvalue weighted by atomic mass is 9.82. The number of nitriles is 1. The summed E-state index contributed by atoms with van der Waals surface area (Å²) in [4.78, 5) is 44.5. The number of aromatic nitrogens is 1. The monoisotopic (exact) mass is 430 g/mol. The van der Waals surface area contributed by atoms with Crippen LogP contribution >= 0.6 is 11.3 Å². The maximum absolute atomic E-state index is 13.6. The highest BCUT2D eigenvalue weighted by Gasteiger charge is 2.54. The number of benzene rings is 2. The van der Waals surface area contributed by atoms with Gasteiger partial charge in [0.15, 0.2) is 17.2 Å². The van der Waals surface area contributed by atoms with Gasteiger partial charge in [-0.05, 0) is 18.1 Å². The molecule has 2 aromatic carbocycles. The Bertz CT molecular complexity index is 1140. The zero-order valence-electron chi connectivity index (χ0n) is 16.6. The molecule has 1 fully saturated rings. The number of imide groups is 1. The van der Waals surface area contributed by atoms with E-state index >= 15 is 0 Å². The van der Waals surface area contributed by atoms with Crippen LogP contribution in [0.3, 0.4) is 0 Å². The van der Waals surface area contributed by atoms with Crippen LogP contribution in [0.25, 0.3) is 0 Å². The molecule has 0 bridgehead atoms. The minimum absolute atomic E-state index is 0.356. The molecular formula is C23H18N4O3S. The van der Waals surface area contributed by atoms with Crippen molar-refractivity contribution in [3.63, 3.8) is 0 Å². The Labute approximate surface area is 183 Å². The van der Waals surface area contributed by atoms with Gasteiger partial charge in [-0.25, -0.2) is 9.78 Å². The third-order valence-corrected chi connectivity index (χ3v) is 6.20. The van der Waals surface area contributed by atoms with Gasteiger partial charge in [0, 0.05) is 11.1 Å². The lowest BCUT2D eigenvalue weighted by molar-refractivity contribution is -0.133. The molecule has 8 heteroatoms. The first-order chi connectivity index (χ1) is 15.0. The molecule has 3 amide bonds. The van der Waals surface area contributed by atoms with E-state index in [9.17, 15) is 19.6 Å². The summed E-state index contributed by atoms with van der Waals surface area (Å²) in [6.07, 6.45) is 0. The van der Waals surface area contributed by atoms with Crippen LogP contribution in [0.2, 0.25) is 0 Å². The molecule has 0 saturated carbocycles. The Hall–Kier alpha value is -3.83. The van der Waals surface area contributed by atoms with Crippen molar-refractivity contribution in [2.24, 2.45) is 0 Å². The van der Waals surface area contributed by atoms with Crippen molar-refractivity contribution >= 4 is 29.1 Å². The van der Waals surface area contributed by atoms with Gasteiger partial charge in [-0.3, -0.25) is 14.5 Å². The lowest BCUT2D eigenvalue weighted by Crippen LogP contribution is -2.45. The second-order valence-corrected chi connectivity index (χ2v) is 8.05. The molecule has 1 atom stereocenters. The second kappa shape index (κ2) is 8.13. The zero-order valence-corrected chi connectivity index (χ0v) is 17.4. The first kappa shape index (κ1) is 20.4. The van der Waals surface area contributed by atoms with Crippen LogP contribution in [0.15, 0.2) is 66.0 Å². The van der Waals surface area contributed by atoms with Crippen LogP contribution in [0, 0.1) is 18.3 Å². The number of amides is 3. The Kier molecular flexibility index (Phi) is 5.36. The second-order valence-electron chi connectivity index (χ2n) is 7.16. The summed E-state index contributed by atoms with van der Waals surface area (Å²) in [5, 5.41) is 14.4. The van der Waals surface area contributed by atoms with Crippen LogP contribution in [0.5, 0.6) is 0 Å². The predicted molar refractivity (Wildman–Crippen MR) is 114 cm³/mol. The molecule has 3 aromatic rings. The van der Waals surface area contributed by atoms with Gasteiger partial charge in [0.1, 0.15) is 5.01 Å². The summed E-state index contributed by atoms with van der Waals surface area (Å²) >= 11 is 1.21. The molecule has 0 spiro atoms. The SMILES string of the molecule is Cc1csc([C@@H](C#N)C(=O)CN2C(=O)NC(c3ccccc3)(c3ccccc3)C2=O)n1. The van der Waals surface area contributed by atoms with Crippen molar-refractivity contribution in [3.8, 4) is 6.07 Å². The van der Waals surface area contributed by atoms with E-state index in [-0.39, 0.29) is 0 Å². The topological polar surface area (TPSA) is 103 Å². The van der Waals surface area contributed by atoms with E-state index < -0.39 is 35.7 Å². The van der Waals surface area contributed by atoms with Crippen LogP contribution in [0.1, 0.15) is 27.7 Å². The summed E-state index contributed by atoms with van der Waals surface area (Å²) in [5.41, 5.74) is 0.429. The quantitative estimate of drug-likeness (QED) is 0.605. The molecule has 7 nitrogen and oxygen atoms in total. The van der Waals surface area contributed by atoms with Crippen molar-refractivity contribution in [3.05, 3.63) is 87.9 Å². The van der Waals surface area contributed by atoms with E-state index in [2.05, 4.69) is 10.3 Å². The summed E-state index contributed by atoms with van der Waals surface area (Å²) in [5.74, 6) is -2.25. The Morgan fingerprint density at radius 1 is 1.13 bits per heavy atom. The number of thiazole rings is 1. The molecule has 2 heterocycles. The number of rotatable bonds is 6. The van der Waals surface area contributed by atoms with Crippen molar-refractivity contribution in [2.75, 3.05) is 6.54 Å². The first-order valence-electron chi connectivity index (χ1n) is 9.57. The molecule has 1 aliphatic heterocycles. The standard InChI is InChI=1S/C23H18N4O3S/c1-15-14-31-20(25-15)18(12-24)19(28)13-27-21(29)23(26-22(27)30,16-8-4-2-5-9-16)17-10-6-3-7-11-17/h2-11,14,18H,13H2,1H3,(H,26,30)/t18-/m0/s1. The molecule has 0 aliphatic carbocycles. The van der Waals surface area contributed by atoms with E-state index in [0.29, 0.717) is 21.8 Å². The molecule has 0 unspecified atom stereocenters. The van der Waals surface area contributed by atoms with Gasteiger partial charge in [0.2, 0.25) is 0 Å². The predicted octanol–water partition coefficient (Wildman–Crippen LogP) is 3.12. The zero-order chi connectivity index (χ0) is 22.0. The van der Waals surface area contributed by atoms with Crippen LogP contribution < -0.4 is 5.32 Å². The molecular weight excluding hydrogens is 412 g/mol. The van der Waals surface area contributed by atoms with E-state index in [1.165, 1.54) is 11.3 Å². The number of nitrogens with one attached hydrogen (secondary N) is 1. The van der Waals surface area contributed by atoms with Gasteiger partial charge in [-0.15, -0.1) is 11.3 Å². The third kappa shape index (κ3) is 3.49. The molecule has 1 saturated heterocycles. The van der Waals surface area contributed by atoms with Gasteiger partial charge in [0.05, 0.1) is 12.6 Å². The summed E-state index contributed by atoms with van der Waals surface area (Å²) in [6, 6.07) is 19.1. The number of ketones is 1. The average molecular weight is 430 g/mol. The molecule has 4 rings (SSSR count). The van der Waals surface area contributed by atoms with Gasteiger partial charge in [-0.2, -0.15) is 5.26 Å². The fourth-order valence-corrected chi connectivity index (χ4v) is 4.53. The minimum Gasteiger partial charge on any atom is -0.315 e. The summed E-state index contributed by atoms with van der Waals surface area (Å²) in [7, 11) is 0. The molecule has 1 aliphatic rings. The molecule has 0 radical (unpaired) electrons. The summed E-state index contributed by atoms with van der Waals surface area (Å²) < 4.78 is 0. The number of Topliss-reactive ketones (excluding diaryl/α,β-unsaturated/α-hetero) is 1. The van der Waals surface area contributed by atoms with Crippen molar-refractivity contribution in [1.29, 1.82) is 5.26 Å². The maximum Gasteiger partial charge on any atom is 0.325 e. The number of hydrogen-bond donors (Lipinski definition) is 1. The van der Waals surface area contributed by atoms with Crippen molar-refractivity contribution in [2.45, 2.75) is 18.4 Å². The number of urea groups is 1. The number of carbonyl (C=O) groups is 3. The Morgan fingerprint density at radius 3 is 2.19 bits per heavy atom. The first-order valence-corrected chi connectivity index (χ1v) is 10.4. The third-order valence-electron chi connectivity index (χ3n) is 5.17. The van der Waals surface area contributed by atoms with Gasteiger partial charge >= 0.3 is 6.03 Å². The van der Waals surface area contributed by atoms with Crippen molar-refractivity contribution in [1.82, 2.24) is 15.2 Å². The van der Waals surface area contributed by atoms with Gasteiger partial charge in [0.25, 0.3) is 5.91 Å². The summed E-state index contributed by atoms with van der Waals surface area (Å²) in [6.45, 7) is 1.26. The smallest absolute Gasteiger partial charge is 0.315 e. The normalized spacial score (nSPS) is 15.9. The van der Waals surface area contributed by atoms with E-state index in [4.69, 9.17) is 0 Å². The lowest BCUT2D eigenvalue weighted by Gasteiger charge is -2.28. The highest BCUT2D eigenvalue weighted by molar-refractivity contribution is 7.09. The van der Waals surface area contributed by atoms with Gasteiger partial charge in [-0.1, -0.05) is 60.7 Å². The molecule has 1 aromatic heterocycles. The Balaban J connectivity index is 1.70. The molecule has 31 heavy (non-hydrogen) atoms. The van der Waals surface area contributed by atoms with Crippen LogP contribution in [-0.2, 0) is 15.1 Å². The number of nitrogens with zero attached hydrogens (tertiary/aromatic N) is 3. The van der Waals surface area contributed by atoms with E-state index in [1.807, 2.05) is 18.2 Å². The fourth-order valence-electron chi connectivity index (χ4n) is 3.67. The highest BCUT2D eigenvalue weighted by atomic mass is 32.1. The molecule has 1 N–H and O–H groups in total. The molecule has 154 valence electrons. The largest absolute Gasteiger partial charge is 0.325 e. The Morgan fingerprint density at radius 2 is 1.71 bits per heavy atom. The van der Waals surface area contributed by atoms with E-state index in [1.54, 1.807) is 60.8 Å². The van der Waals surface area contributed by atoms with Crippen LogP contribution in [-0.4, -0.2) is 34.2 Å². The number of hydrogen-bond acceptors (Lipinski definition) is 6. The average Bonchev–Trinajstić information content (AvgIpc) is 3.32.